The summed E-state index contributed by atoms with van der Waals surface area (Å²) in [6, 6.07) is 5.93. The number of amides is 1. The van der Waals surface area contributed by atoms with Crippen LogP contribution in [0.2, 0.25) is 0 Å². The summed E-state index contributed by atoms with van der Waals surface area (Å²) < 4.78 is 0. The normalized spacial score (nSPS) is 12.0. The van der Waals surface area contributed by atoms with Gasteiger partial charge in [-0.15, -0.1) is 0 Å². The first-order valence-electron chi connectivity index (χ1n) is 6.45. The molecule has 1 rings (SSSR count). The zero-order valence-corrected chi connectivity index (χ0v) is 11.8. The highest BCUT2D eigenvalue weighted by Crippen LogP contribution is 2.10. The Morgan fingerprint density at radius 2 is 1.80 bits per heavy atom. The third-order valence-electron chi connectivity index (χ3n) is 3.05. The Morgan fingerprint density at radius 1 is 1.20 bits per heavy atom. The van der Waals surface area contributed by atoms with Crippen molar-refractivity contribution < 1.29 is 19.5 Å². The zero-order chi connectivity index (χ0) is 15.3. The maximum atomic E-state index is 12.1. The third-order valence-corrected chi connectivity index (χ3v) is 3.05. The number of carboxylic acids is 1. The van der Waals surface area contributed by atoms with E-state index < -0.39 is 12.0 Å². The Labute approximate surface area is 118 Å². The molecule has 1 atom stereocenters. The number of aliphatic carboxylic acids is 1. The number of carboxylic acid groups (broad SMARTS) is 1. The van der Waals surface area contributed by atoms with Crippen molar-refractivity contribution in [2.24, 2.45) is 5.92 Å². The van der Waals surface area contributed by atoms with Gasteiger partial charge in [0.05, 0.1) is 6.42 Å². The van der Waals surface area contributed by atoms with Crippen LogP contribution in [0.4, 0.5) is 0 Å². The average Bonchev–Trinajstić information content (AvgIpc) is 2.37. The number of Topliss-reactive ketones (excluding diaryl/α,β-unsaturated/α-hetero) is 1. The molecule has 0 saturated carbocycles. The molecule has 108 valence electrons. The van der Waals surface area contributed by atoms with Crippen molar-refractivity contribution in [2.75, 3.05) is 0 Å². The van der Waals surface area contributed by atoms with Crippen molar-refractivity contribution in [1.29, 1.82) is 0 Å². The minimum Gasteiger partial charge on any atom is -0.481 e. The molecule has 0 aliphatic rings. The molecular formula is C15H19NO4. The van der Waals surface area contributed by atoms with E-state index in [0.717, 1.165) is 0 Å². The number of hydrogen-bond donors (Lipinski definition) is 2. The van der Waals surface area contributed by atoms with Gasteiger partial charge < -0.3 is 10.4 Å². The Bertz CT molecular complexity index is 522. The minimum atomic E-state index is -0.957. The molecule has 0 saturated heterocycles. The van der Waals surface area contributed by atoms with E-state index in [0.29, 0.717) is 11.1 Å². The van der Waals surface area contributed by atoms with E-state index in [2.05, 4.69) is 5.32 Å². The number of nitrogens with one attached hydrogen (secondary N) is 1. The summed E-state index contributed by atoms with van der Waals surface area (Å²) >= 11 is 0. The summed E-state index contributed by atoms with van der Waals surface area (Å²) in [4.78, 5) is 34.2. The van der Waals surface area contributed by atoms with Crippen LogP contribution in [-0.4, -0.2) is 28.8 Å². The highest BCUT2D eigenvalue weighted by atomic mass is 16.4. The van der Waals surface area contributed by atoms with Crippen molar-refractivity contribution in [3.05, 3.63) is 35.4 Å². The van der Waals surface area contributed by atoms with Gasteiger partial charge in [0.1, 0.15) is 0 Å². The summed E-state index contributed by atoms with van der Waals surface area (Å²) in [5.41, 5.74) is 0.811. The van der Waals surface area contributed by atoms with E-state index in [1.807, 2.05) is 13.8 Å². The Balaban J connectivity index is 2.86. The molecule has 0 aromatic heterocycles. The van der Waals surface area contributed by atoms with E-state index in [1.54, 1.807) is 18.2 Å². The van der Waals surface area contributed by atoms with E-state index in [4.69, 9.17) is 5.11 Å². The van der Waals surface area contributed by atoms with E-state index in [1.165, 1.54) is 13.0 Å². The van der Waals surface area contributed by atoms with E-state index in [-0.39, 0.29) is 24.0 Å². The standard InChI is InChI=1S/C15H19NO4/c1-9(2)13(8-14(18)19)16-15(20)12-6-4-5-11(7-12)10(3)17/h4-7,9,13H,8H2,1-3H3,(H,16,20)(H,18,19)/t13-/m0/s1. The molecule has 0 aliphatic heterocycles. The minimum absolute atomic E-state index is 0.00559. The van der Waals surface area contributed by atoms with E-state index in [9.17, 15) is 14.4 Å². The lowest BCUT2D eigenvalue weighted by Crippen LogP contribution is -2.40. The number of ketones is 1. The summed E-state index contributed by atoms with van der Waals surface area (Å²) in [6.07, 6.45) is -0.129. The van der Waals surface area contributed by atoms with Gasteiger partial charge in [-0.25, -0.2) is 0 Å². The second-order valence-electron chi connectivity index (χ2n) is 5.06. The van der Waals surface area contributed by atoms with Gasteiger partial charge in [-0.3, -0.25) is 14.4 Å². The molecule has 0 heterocycles. The molecule has 0 aliphatic carbocycles. The van der Waals surface area contributed by atoms with Gasteiger partial charge in [0.15, 0.2) is 5.78 Å². The van der Waals surface area contributed by atoms with Crippen molar-refractivity contribution >= 4 is 17.7 Å². The van der Waals surface area contributed by atoms with Crippen LogP contribution in [-0.2, 0) is 4.79 Å². The fourth-order valence-electron chi connectivity index (χ4n) is 1.77. The Morgan fingerprint density at radius 3 is 2.30 bits per heavy atom. The molecule has 0 fully saturated rings. The fourth-order valence-corrected chi connectivity index (χ4v) is 1.77. The van der Waals surface area contributed by atoms with Gasteiger partial charge in [0.25, 0.3) is 5.91 Å². The quantitative estimate of drug-likeness (QED) is 0.780. The molecule has 0 radical (unpaired) electrons. The average molecular weight is 277 g/mol. The molecular weight excluding hydrogens is 258 g/mol. The van der Waals surface area contributed by atoms with Gasteiger partial charge in [-0.1, -0.05) is 26.0 Å². The lowest BCUT2D eigenvalue weighted by atomic mass is 10.00. The number of benzene rings is 1. The third kappa shape index (κ3) is 4.50. The van der Waals surface area contributed by atoms with Crippen LogP contribution in [0, 0.1) is 5.92 Å². The maximum absolute atomic E-state index is 12.1. The van der Waals surface area contributed by atoms with Gasteiger partial charge in [-0.05, 0) is 25.0 Å². The van der Waals surface area contributed by atoms with Crippen molar-refractivity contribution in [3.63, 3.8) is 0 Å². The van der Waals surface area contributed by atoms with Crippen LogP contribution in [0.5, 0.6) is 0 Å². The van der Waals surface area contributed by atoms with Crippen molar-refractivity contribution in [1.82, 2.24) is 5.32 Å². The van der Waals surface area contributed by atoms with Crippen molar-refractivity contribution in [2.45, 2.75) is 33.2 Å². The van der Waals surface area contributed by atoms with Crippen molar-refractivity contribution in [3.8, 4) is 0 Å². The molecule has 5 nitrogen and oxygen atoms in total. The van der Waals surface area contributed by atoms with Crippen LogP contribution < -0.4 is 5.32 Å². The second-order valence-corrected chi connectivity index (χ2v) is 5.06. The Hall–Kier alpha value is -2.17. The first-order chi connectivity index (χ1) is 9.31. The largest absolute Gasteiger partial charge is 0.481 e. The monoisotopic (exact) mass is 277 g/mol. The van der Waals surface area contributed by atoms with Gasteiger partial charge in [0.2, 0.25) is 0 Å². The molecule has 1 aromatic rings. The van der Waals surface area contributed by atoms with Crippen LogP contribution in [0.1, 0.15) is 47.9 Å². The predicted octanol–water partition coefficient (Wildman–Crippen LogP) is 2.12. The molecule has 0 unspecified atom stereocenters. The fraction of sp³-hybridized carbons (Fsp3) is 0.400. The molecule has 2 N–H and O–H groups in total. The maximum Gasteiger partial charge on any atom is 0.305 e. The first-order valence-corrected chi connectivity index (χ1v) is 6.45. The highest BCUT2D eigenvalue weighted by molar-refractivity contribution is 5.99. The van der Waals surface area contributed by atoms with E-state index >= 15 is 0 Å². The zero-order valence-electron chi connectivity index (χ0n) is 11.8. The smallest absolute Gasteiger partial charge is 0.305 e. The first kappa shape index (κ1) is 15.9. The number of hydrogen-bond acceptors (Lipinski definition) is 3. The Kier molecular flexibility index (Phi) is 5.43. The molecule has 0 spiro atoms. The molecule has 20 heavy (non-hydrogen) atoms. The summed E-state index contributed by atoms with van der Waals surface area (Å²) in [7, 11) is 0. The molecule has 5 heteroatoms. The number of rotatable bonds is 6. The summed E-state index contributed by atoms with van der Waals surface area (Å²) in [5.74, 6) is -1.44. The molecule has 1 amide bonds. The lowest BCUT2D eigenvalue weighted by Gasteiger charge is -2.20. The SMILES string of the molecule is CC(=O)c1cccc(C(=O)N[C@@H](CC(=O)O)C(C)C)c1. The predicted molar refractivity (Wildman–Crippen MR) is 74.8 cm³/mol. The van der Waals surface area contributed by atoms with Gasteiger partial charge >= 0.3 is 5.97 Å². The number of carbonyl (C=O) groups excluding carboxylic acids is 2. The second kappa shape index (κ2) is 6.84. The van der Waals surface area contributed by atoms with Gasteiger partial charge in [-0.2, -0.15) is 0 Å². The molecule has 1 aromatic carbocycles. The molecule has 0 bridgehead atoms. The van der Waals surface area contributed by atoms with Gasteiger partial charge in [0, 0.05) is 17.2 Å². The highest BCUT2D eigenvalue weighted by Gasteiger charge is 2.20. The number of carbonyl (C=O) groups is 3. The summed E-state index contributed by atoms with van der Waals surface area (Å²) in [6.45, 7) is 5.12. The van der Waals surface area contributed by atoms with Crippen LogP contribution in [0.3, 0.4) is 0 Å². The lowest BCUT2D eigenvalue weighted by molar-refractivity contribution is -0.137. The van der Waals surface area contributed by atoms with Crippen LogP contribution in [0.25, 0.3) is 0 Å². The van der Waals surface area contributed by atoms with Crippen LogP contribution >= 0.6 is 0 Å². The topological polar surface area (TPSA) is 83.5 Å². The van der Waals surface area contributed by atoms with Crippen LogP contribution in [0.15, 0.2) is 24.3 Å². The summed E-state index contributed by atoms with van der Waals surface area (Å²) in [5, 5.41) is 11.5.